The van der Waals surface area contributed by atoms with E-state index in [2.05, 4.69) is 41.2 Å². The molecular formula is C20H20ClN3O. The molecule has 0 saturated carbocycles. The van der Waals surface area contributed by atoms with E-state index in [1.807, 2.05) is 23.1 Å². The molecule has 0 aliphatic carbocycles. The Labute approximate surface area is 152 Å². The van der Waals surface area contributed by atoms with E-state index in [1.165, 1.54) is 22.0 Å². The molecule has 1 N–H and O–H groups in total. The number of nitrogens with zero attached hydrogens (tertiary/aromatic N) is 2. The van der Waals surface area contributed by atoms with Crippen LogP contribution < -0.4 is 5.32 Å². The molecule has 2 aromatic carbocycles. The molecule has 0 radical (unpaired) electrons. The number of amides is 2. The van der Waals surface area contributed by atoms with Gasteiger partial charge >= 0.3 is 6.03 Å². The number of hydrogen-bond donors (Lipinski definition) is 1. The highest BCUT2D eigenvalue weighted by Gasteiger charge is 2.22. The van der Waals surface area contributed by atoms with Gasteiger partial charge in [0, 0.05) is 36.7 Å². The minimum absolute atomic E-state index is 0.112. The van der Waals surface area contributed by atoms with E-state index >= 15 is 0 Å². The molecule has 4 rings (SSSR count). The van der Waals surface area contributed by atoms with Gasteiger partial charge in [-0.05, 0) is 42.7 Å². The fourth-order valence-corrected chi connectivity index (χ4v) is 3.76. The van der Waals surface area contributed by atoms with Gasteiger partial charge in [-0.3, -0.25) is 0 Å². The summed E-state index contributed by atoms with van der Waals surface area (Å²) in [7, 11) is 0. The van der Waals surface area contributed by atoms with E-state index in [-0.39, 0.29) is 6.03 Å². The number of hydrogen-bond acceptors (Lipinski definition) is 1. The Balaban J connectivity index is 1.62. The number of aromatic nitrogens is 1. The smallest absolute Gasteiger partial charge is 0.322 e. The number of para-hydroxylation sites is 1. The standard InChI is InChI=1S/C20H20ClN3O/c1-2-23-12-15-10-11-24(13-14-6-5-9-18(23)19(14)15)20(25)22-17-8-4-3-7-16(17)21/h3-9,12H,2,10-11,13H2,1H3,(H,22,25). The Bertz CT molecular complexity index is 947. The normalized spacial score (nSPS) is 13.8. The average molecular weight is 354 g/mol. The Kier molecular flexibility index (Phi) is 4.14. The van der Waals surface area contributed by atoms with Crippen molar-refractivity contribution in [3.63, 3.8) is 0 Å². The van der Waals surface area contributed by atoms with E-state index in [1.54, 1.807) is 6.07 Å². The molecule has 0 unspecified atom stereocenters. The van der Waals surface area contributed by atoms with Crippen LogP contribution in [0.15, 0.2) is 48.7 Å². The van der Waals surface area contributed by atoms with Crippen molar-refractivity contribution >= 4 is 34.2 Å². The summed E-state index contributed by atoms with van der Waals surface area (Å²) in [6, 6.07) is 13.5. The Hall–Kier alpha value is -2.46. The lowest BCUT2D eigenvalue weighted by molar-refractivity contribution is 0.210. The van der Waals surface area contributed by atoms with Crippen LogP contribution in [-0.4, -0.2) is 22.0 Å². The van der Waals surface area contributed by atoms with Gasteiger partial charge in [-0.1, -0.05) is 35.9 Å². The van der Waals surface area contributed by atoms with Gasteiger partial charge in [0.1, 0.15) is 0 Å². The number of halogens is 1. The molecule has 5 heteroatoms. The maximum atomic E-state index is 12.7. The van der Waals surface area contributed by atoms with Crippen LogP contribution in [0.2, 0.25) is 5.02 Å². The Morgan fingerprint density at radius 3 is 2.80 bits per heavy atom. The second-order valence-corrected chi connectivity index (χ2v) is 6.74. The Morgan fingerprint density at radius 2 is 2.00 bits per heavy atom. The molecule has 2 amide bonds. The highest BCUT2D eigenvalue weighted by atomic mass is 35.5. The molecule has 1 aliphatic rings. The third-order valence-electron chi connectivity index (χ3n) is 4.83. The fourth-order valence-electron chi connectivity index (χ4n) is 3.57. The molecule has 4 nitrogen and oxygen atoms in total. The number of aryl methyl sites for hydroxylation is 1. The van der Waals surface area contributed by atoms with Crippen LogP contribution in [0.5, 0.6) is 0 Å². The summed E-state index contributed by atoms with van der Waals surface area (Å²) in [6.07, 6.45) is 3.08. The van der Waals surface area contributed by atoms with Crippen molar-refractivity contribution in [1.82, 2.24) is 9.47 Å². The average Bonchev–Trinajstić information content (AvgIpc) is 2.87. The molecule has 2 heterocycles. The van der Waals surface area contributed by atoms with Crippen LogP contribution in [-0.2, 0) is 19.5 Å². The fraction of sp³-hybridized carbons (Fsp3) is 0.250. The number of benzene rings is 2. The largest absolute Gasteiger partial charge is 0.347 e. The van der Waals surface area contributed by atoms with Crippen LogP contribution in [0.25, 0.3) is 10.9 Å². The molecule has 3 aromatic rings. The first kappa shape index (κ1) is 16.0. The number of nitrogens with one attached hydrogen (secondary N) is 1. The quantitative estimate of drug-likeness (QED) is 0.698. The number of carbonyl (C=O) groups is 1. The molecular weight excluding hydrogens is 334 g/mol. The maximum absolute atomic E-state index is 12.7. The van der Waals surface area contributed by atoms with E-state index in [0.29, 0.717) is 23.8 Å². The van der Waals surface area contributed by atoms with Gasteiger partial charge in [0.15, 0.2) is 0 Å². The van der Waals surface area contributed by atoms with Crippen molar-refractivity contribution in [2.24, 2.45) is 0 Å². The van der Waals surface area contributed by atoms with Crippen LogP contribution >= 0.6 is 11.6 Å². The van der Waals surface area contributed by atoms with Gasteiger partial charge in [0.05, 0.1) is 10.7 Å². The van der Waals surface area contributed by atoms with Crippen LogP contribution in [0, 0.1) is 0 Å². The van der Waals surface area contributed by atoms with Crippen molar-refractivity contribution in [3.8, 4) is 0 Å². The summed E-state index contributed by atoms with van der Waals surface area (Å²) in [5.74, 6) is 0. The minimum Gasteiger partial charge on any atom is -0.347 e. The number of anilines is 1. The lowest BCUT2D eigenvalue weighted by Gasteiger charge is -2.22. The molecule has 128 valence electrons. The summed E-state index contributed by atoms with van der Waals surface area (Å²) < 4.78 is 2.29. The molecule has 0 saturated heterocycles. The number of rotatable bonds is 2. The van der Waals surface area contributed by atoms with Gasteiger partial charge in [0.25, 0.3) is 0 Å². The van der Waals surface area contributed by atoms with E-state index < -0.39 is 0 Å². The van der Waals surface area contributed by atoms with Crippen molar-refractivity contribution in [2.75, 3.05) is 11.9 Å². The van der Waals surface area contributed by atoms with E-state index in [4.69, 9.17) is 11.6 Å². The molecule has 1 aliphatic heterocycles. The van der Waals surface area contributed by atoms with E-state index in [9.17, 15) is 4.79 Å². The van der Waals surface area contributed by atoms with Crippen LogP contribution in [0.4, 0.5) is 10.5 Å². The third-order valence-corrected chi connectivity index (χ3v) is 5.16. The summed E-state index contributed by atoms with van der Waals surface area (Å²) in [5, 5.41) is 4.78. The zero-order chi connectivity index (χ0) is 17.4. The summed E-state index contributed by atoms with van der Waals surface area (Å²) in [6.45, 7) is 4.41. The topological polar surface area (TPSA) is 37.3 Å². The highest BCUT2D eigenvalue weighted by molar-refractivity contribution is 6.33. The summed E-state index contributed by atoms with van der Waals surface area (Å²) >= 11 is 6.16. The molecule has 0 atom stereocenters. The van der Waals surface area contributed by atoms with Gasteiger partial charge in [0.2, 0.25) is 0 Å². The zero-order valence-electron chi connectivity index (χ0n) is 14.1. The highest BCUT2D eigenvalue weighted by Crippen LogP contribution is 2.30. The van der Waals surface area contributed by atoms with E-state index in [0.717, 1.165) is 13.0 Å². The van der Waals surface area contributed by atoms with Crippen molar-refractivity contribution in [3.05, 3.63) is 64.8 Å². The van der Waals surface area contributed by atoms with Crippen LogP contribution in [0.3, 0.4) is 0 Å². The number of urea groups is 1. The van der Waals surface area contributed by atoms with Gasteiger partial charge in [-0.15, -0.1) is 0 Å². The minimum atomic E-state index is -0.112. The predicted octanol–water partition coefficient (Wildman–Crippen LogP) is 4.90. The predicted molar refractivity (Wildman–Crippen MR) is 102 cm³/mol. The zero-order valence-corrected chi connectivity index (χ0v) is 14.9. The summed E-state index contributed by atoms with van der Waals surface area (Å²) in [5.41, 5.74) is 4.42. The van der Waals surface area contributed by atoms with Gasteiger partial charge in [-0.25, -0.2) is 4.79 Å². The summed E-state index contributed by atoms with van der Waals surface area (Å²) in [4.78, 5) is 14.6. The molecule has 25 heavy (non-hydrogen) atoms. The second-order valence-electron chi connectivity index (χ2n) is 6.33. The lowest BCUT2D eigenvalue weighted by Crippen LogP contribution is -2.35. The first-order valence-corrected chi connectivity index (χ1v) is 8.95. The number of carbonyl (C=O) groups excluding carboxylic acids is 1. The Morgan fingerprint density at radius 1 is 1.16 bits per heavy atom. The van der Waals surface area contributed by atoms with Crippen LogP contribution in [0.1, 0.15) is 18.1 Å². The molecule has 1 aromatic heterocycles. The first-order chi connectivity index (χ1) is 12.2. The second kappa shape index (κ2) is 6.45. The van der Waals surface area contributed by atoms with Crippen molar-refractivity contribution in [1.29, 1.82) is 0 Å². The third kappa shape index (κ3) is 2.87. The van der Waals surface area contributed by atoms with Gasteiger partial charge in [-0.2, -0.15) is 0 Å². The van der Waals surface area contributed by atoms with Crippen molar-refractivity contribution < 1.29 is 4.79 Å². The maximum Gasteiger partial charge on any atom is 0.322 e. The monoisotopic (exact) mass is 353 g/mol. The van der Waals surface area contributed by atoms with Gasteiger partial charge < -0.3 is 14.8 Å². The molecule has 0 bridgehead atoms. The molecule has 0 spiro atoms. The molecule has 0 fully saturated rings. The SMILES string of the molecule is CCn1cc2c3c(cccc31)CN(C(=O)Nc1ccccc1Cl)CC2. The lowest BCUT2D eigenvalue weighted by atomic mass is 10.1. The first-order valence-electron chi connectivity index (χ1n) is 8.57. The van der Waals surface area contributed by atoms with Crippen molar-refractivity contribution in [2.45, 2.75) is 26.4 Å².